The molecule has 1 saturated carbocycles. The van der Waals surface area contributed by atoms with Crippen LogP contribution < -0.4 is 15.4 Å². The number of aromatic nitrogens is 3. The zero-order valence-corrected chi connectivity index (χ0v) is 17.8. The second-order valence-electron chi connectivity index (χ2n) is 8.09. The number of pyridine rings is 1. The fourth-order valence-electron chi connectivity index (χ4n) is 3.82. The molecule has 1 aliphatic heterocycles. The van der Waals surface area contributed by atoms with Crippen molar-refractivity contribution in [2.75, 3.05) is 5.32 Å². The topological polar surface area (TPSA) is 138 Å². The molecular weight excluding hydrogens is 408 g/mol. The summed E-state index contributed by atoms with van der Waals surface area (Å²) in [5, 5.41) is 13.3. The largest absolute Gasteiger partial charge is 0.446 e. The third kappa shape index (κ3) is 4.90. The van der Waals surface area contributed by atoms with Crippen molar-refractivity contribution in [3.05, 3.63) is 35.2 Å². The van der Waals surface area contributed by atoms with Gasteiger partial charge in [0.1, 0.15) is 11.9 Å². The first-order valence-corrected chi connectivity index (χ1v) is 11.7. The molecule has 0 spiro atoms. The average molecular weight is 435 g/mol. The van der Waals surface area contributed by atoms with E-state index in [2.05, 4.69) is 30.5 Å². The van der Waals surface area contributed by atoms with E-state index in [1.54, 1.807) is 6.20 Å². The van der Waals surface area contributed by atoms with Crippen LogP contribution in [0.5, 0.6) is 0 Å². The van der Waals surface area contributed by atoms with Gasteiger partial charge in [-0.05, 0) is 50.3 Å². The predicted molar refractivity (Wildman–Crippen MR) is 111 cm³/mol. The van der Waals surface area contributed by atoms with Crippen LogP contribution in [-0.4, -0.2) is 41.8 Å². The fraction of sp³-hybridized carbons (Fsp3) is 0.526. The third-order valence-corrected chi connectivity index (χ3v) is 6.54. The highest BCUT2D eigenvalue weighted by molar-refractivity contribution is 7.88. The number of carbonyl (C=O) groups excluding carboxylic acids is 1. The number of H-pyrrole nitrogens is 1. The van der Waals surface area contributed by atoms with Gasteiger partial charge >= 0.3 is 6.09 Å². The zero-order valence-electron chi connectivity index (χ0n) is 16.9. The van der Waals surface area contributed by atoms with E-state index in [-0.39, 0.29) is 36.5 Å². The first-order valence-electron chi connectivity index (χ1n) is 10.0. The summed E-state index contributed by atoms with van der Waals surface area (Å²) in [7, 11) is -3.26. The van der Waals surface area contributed by atoms with Gasteiger partial charge in [0.2, 0.25) is 10.0 Å². The first-order chi connectivity index (χ1) is 14.3. The van der Waals surface area contributed by atoms with E-state index in [1.807, 2.05) is 26.0 Å². The standard InChI is InChI=1S/C19H26N6O4S/c1-11(2)22-19(26)29-15-4-3-12(5-15)16-7-18(25-24-16)23-17-6-13-9-21-30(27,28)10-14(13)8-20-17/h6-8,11-12,15,21H,3-5,9-10H2,1-2H3,(H,22,26)(H2,20,23,24,25)/t12-,15+/m0/s1. The van der Waals surface area contributed by atoms with Gasteiger partial charge < -0.3 is 15.4 Å². The van der Waals surface area contributed by atoms with Gasteiger partial charge in [0.25, 0.3) is 0 Å². The number of amides is 1. The van der Waals surface area contributed by atoms with Crippen molar-refractivity contribution in [2.45, 2.75) is 63.5 Å². The van der Waals surface area contributed by atoms with E-state index in [0.29, 0.717) is 17.2 Å². The lowest BCUT2D eigenvalue weighted by Crippen LogP contribution is -2.33. The lowest BCUT2D eigenvalue weighted by Gasteiger charge is -2.17. The zero-order chi connectivity index (χ0) is 21.3. The van der Waals surface area contributed by atoms with Crippen LogP contribution in [0.15, 0.2) is 18.3 Å². The highest BCUT2D eigenvalue weighted by Crippen LogP contribution is 2.36. The second kappa shape index (κ2) is 8.23. The van der Waals surface area contributed by atoms with Crippen molar-refractivity contribution in [3.63, 3.8) is 0 Å². The Morgan fingerprint density at radius 1 is 1.23 bits per heavy atom. The number of ether oxygens (including phenoxy) is 1. The molecule has 3 heterocycles. The minimum absolute atomic E-state index is 0.0494. The van der Waals surface area contributed by atoms with E-state index >= 15 is 0 Å². The number of sulfonamides is 1. The Labute approximate surface area is 175 Å². The maximum Gasteiger partial charge on any atom is 0.407 e. The van der Waals surface area contributed by atoms with Gasteiger partial charge in [0, 0.05) is 36.5 Å². The molecule has 10 nitrogen and oxygen atoms in total. The van der Waals surface area contributed by atoms with Gasteiger partial charge in [-0.25, -0.2) is 22.9 Å². The Balaban J connectivity index is 1.36. The van der Waals surface area contributed by atoms with Crippen LogP contribution in [-0.2, 0) is 27.1 Å². The van der Waals surface area contributed by atoms with E-state index in [9.17, 15) is 13.2 Å². The van der Waals surface area contributed by atoms with Crippen molar-refractivity contribution in [1.29, 1.82) is 0 Å². The van der Waals surface area contributed by atoms with Crippen LogP contribution in [0.4, 0.5) is 16.4 Å². The Morgan fingerprint density at radius 2 is 2.07 bits per heavy atom. The predicted octanol–water partition coefficient (Wildman–Crippen LogP) is 2.25. The number of carbonyl (C=O) groups is 1. The molecule has 2 aliphatic rings. The normalized spacial score (nSPS) is 22.5. The highest BCUT2D eigenvalue weighted by atomic mass is 32.2. The number of aromatic amines is 1. The number of anilines is 2. The molecule has 1 amide bonds. The highest BCUT2D eigenvalue weighted by Gasteiger charge is 2.30. The summed E-state index contributed by atoms with van der Waals surface area (Å²) < 4.78 is 31.3. The van der Waals surface area contributed by atoms with Crippen LogP contribution in [0.2, 0.25) is 0 Å². The maximum absolute atomic E-state index is 11.8. The van der Waals surface area contributed by atoms with E-state index < -0.39 is 10.0 Å². The number of rotatable bonds is 5. The summed E-state index contributed by atoms with van der Waals surface area (Å²) in [5.41, 5.74) is 2.59. The molecule has 30 heavy (non-hydrogen) atoms. The Bertz CT molecular complexity index is 1040. The Kier molecular flexibility index (Phi) is 5.65. The third-order valence-electron chi connectivity index (χ3n) is 5.27. The monoisotopic (exact) mass is 434 g/mol. The van der Waals surface area contributed by atoms with Crippen molar-refractivity contribution < 1.29 is 17.9 Å². The van der Waals surface area contributed by atoms with Gasteiger partial charge in [-0.15, -0.1) is 0 Å². The van der Waals surface area contributed by atoms with Crippen molar-refractivity contribution in [2.24, 2.45) is 0 Å². The van der Waals surface area contributed by atoms with E-state index in [4.69, 9.17) is 4.74 Å². The summed E-state index contributed by atoms with van der Waals surface area (Å²) in [4.78, 5) is 16.1. The summed E-state index contributed by atoms with van der Waals surface area (Å²) in [6.07, 6.45) is 3.61. The van der Waals surface area contributed by atoms with Gasteiger partial charge in [0.15, 0.2) is 5.82 Å². The van der Waals surface area contributed by atoms with Crippen molar-refractivity contribution in [1.82, 2.24) is 25.2 Å². The summed E-state index contributed by atoms with van der Waals surface area (Å²) in [6, 6.07) is 3.82. The molecule has 2 aromatic heterocycles. The molecule has 11 heteroatoms. The SMILES string of the molecule is CC(C)NC(=O)O[C@@H]1CC[C@H](c2cc(Nc3cc4c(cn3)CS(=O)(=O)NC4)n[nH]2)C1. The molecule has 0 unspecified atom stereocenters. The molecule has 2 atom stereocenters. The van der Waals surface area contributed by atoms with Crippen LogP contribution in [0.1, 0.15) is 55.8 Å². The van der Waals surface area contributed by atoms with Crippen molar-refractivity contribution in [3.8, 4) is 0 Å². The summed E-state index contributed by atoms with van der Waals surface area (Å²) >= 11 is 0. The lowest BCUT2D eigenvalue weighted by atomic mass is 10.0. The molecule has 4 N–H and O–H groups in total. The average Bonchev–Trinajstić information content (AvgIpc) is 3.30. The number of nitrogens with zero attached hydrogens (tertiary/aromatic N) is 2. The molecule has 1 fully saturated rings. The minimum Gasteiger partial charge on any atom is -0.446 e. The number of hydrogen-bond acceptors (Lipinski definition) is 7. The lowest BCUT2D eigenvalue weighted by molar-refractivity contribution is 0.0981. The Hall–Kier alpha value is -2.66. The summed E-state index contributed by atoms with van der Waals surface area (Å²) in [6.45, 7) is 4.05. The van der Waals surface area contributed by atoms with Gasteiger partial charge in [-0.3, -0.25) is 5.10 Å². The summed E-state index contributed by atoms with van der Waals surface area (Å²) in [5.74, 6) is 1.43. The number of alkyl carbamates (subject to hydrolysis) is 1. The minimum atomic E-state index is -3.26. The van der Waals surface area contributed by atoms with Crippen LogP contribution in [0.25, 0.3) is 0 Å². The smallest absolute Gasteiger partial charge is 0.407 e. The Morgan fingerprint density at radius 3 is 2.87 bits per heavy atom. The van der Waals surface area contributed by atoms with Crippen LogP contribution >= 0.6 is 0 Å². The van der Waals surface area contributed by atoms with Crippen molar-refractivity contribution >= 4 is 27.8 Å². The number of hydrogen-bond donors (Lipinski definition) is 4. The molecule has 4 rings (SSSR count). The van der Waals surface area contributed by atoms with Gasteiger partial charge in [0.05, 0.1) is 5.75 Å². The molecule has 162 valence electrons. The van der Waals surface area contributed by atoms with Gasteiger partial charge in [-0.1, -0.05) is 0 Å². The second-order valence-corrected chi connectivity index (χ2v) is 9.90. The molecule has 0 saturated heterocycles. The first kappa shape index (κ1) is 20.6. The molecule has 0 aromatic carbocycles. The fourth-order valence-corrected chi connectivity index (χ4v) is 4.97. The number of fused-ring (bicyclic) bond motifs is 1. The van der Waals surface area contributed by atoms with Gasteiger partial charge in [-0.2, -0.15) is 5.10 Å². The quantitative estimate of drug-likeness (QED) is 0.566. The van der Waals surface area contributed by atoms with E-state index in [1.165, 1.54) is 0 Å². The van der Waals surface area contributed by atoms with E-state index in [0.717, 1.165) is 30.5 Å². The van der Waals surface area contributed by atoms with Crippen LogP contribution in [0, 0.1) is 0 Å². The molecule has 0 radical (unpaired) electrons. The molecular formula is C19H26N6O4S. The van der Waals surface area contributed by atoms with Crippen LogP contribution in [0.3, 0.4) is 0 Å². The number of nitrogens with one attached hydrogen (secondary N) is 4. The molecule has 0 bridgehead atoms. The maximum atomic E-state index is 11.8. The molecule has 1 aliphatic carbocycles. The molecule has 2 aromatic rings.